The van der Waals surface area contributed by atoms with Crippen LogP contribution in [0.15, 0.2) is 24.3 Å². The Bertz CT molecular complexity index is 176. The molecule has 2 atom stereocenters. The Morgan fingerprint density at radius 1 is 1.31 bits per heavy atom. The maximum atomic E-state index is 2.38. The van der Waals surface area contributed by atoms with Crippen LogP contribution in [0, 0.1) is 11.8 Å². The lowest BCUT2D eigenvalue weighted by atomic mass is 9.90. The molecule has 0 N–H and O–H groups in total. The van der Waals surface area contributed by atoms with Crippen LogP contribution in [0.4, 0.5) is 0 Å². The predicted octanol–water partition coefficient (Wildman–Crippen LogP) is 4.34. The summed E-state index contributed by atoms with van der Waals surface area (Å²) in [6.45, 7) is 4.66. The average Bonchev–Trinajstić information content (AvgIpc) is 2.17. The molecule has 2 unspecified atom stereocenters. The Hall–Kier alpha value is -0.520. The van der Waals surface area contributed by atoms with Crippen LogP contribution >= 0.6 is 0 Å². The number of hydrogen-bond donors (Lipinski definition) is 0. The third kappa shape index (κ3) is 4.31. The largest absolute Gasteiger partial charge is 0.0840 e. The quantitative estimate of drug-likeness (QED) is 0.587. The van der Waals surface area contributed by atoms with Gasteiger partial charge in [-0.25, -0.2) is 0 Å². The van der Waals surface area contributed by atoms with Crippen molar-refractivity contribution in [3.63, 3.8) is 0 Å². The fourth-order valence-electron chi connectivity index (χ4n) is 1.98. The van der Waals surface area contributed by atoms with Gasteiger partial charge in [-0.1, -0.05) is 57.4 Å². The van der Waals surface area contributed by atoms with E-state index in [9.17, 15) is 0 Å². The normalized spacial score (nSPS) is 23.4. The molecular weight excluding hydrogens is 156 g/mol. The summed E-state index contributed by atoms with van der Waals surface area (Å²) in [7, 11) is 0. The first-order valence-corrected chi connectivity index (χ1v) is 5.66. The molecule has 1 rings (SSSR count). The maximum Gasteiger partial charge on any atom is -0.0196 e. The van der Waals surface area contributed by atoms with Crippen LogP contribution in [0.3, 0.4) is 0 Å². The Labute approximate surface area is 82.7 Å². The van der Waals surface area contributed by atoms with E-state index in [2.05, 4.69) is 38.2 Å². The van der Waals surface area contributed by atoms with Crippen molar-refractivity contribution in [1.29, 1.82) is 0 Å². The molecule has 0 aliphatic heterocycles. The maximum absolute atomic E-state index is 2.38. The van der Waals surface area contributed by atoms with Gasteiger partial charge in [0, 0.05) is 0 Å². The van der Waals surface area contributed by atoms with Gasteiger partial charge in [0.2, 0.25) is 0 Å². The Balaban J connectivity index is 2.11. The Morgan fingerprint density at radius 2 is 2.15 bits per heavy atom. The van der Waals surface area contributed by atoms with Crippen LogP contribution in [0.1, 0.15) is 46.0 Å². The zero-order chi connectivity index (χ0) is 9.52. The van der Waals surface area contributed by atoms with Crippen molar-refractivity contribution < 1.29 is 0 Å². The molecule has 0 fully saturated rings. The number of allylic oxidation sites excluding steroid dienone is 4. The molecule has 0 aromatic rings. The molecule has 0 aromatic heterocycles. The summed E-state index contributed by atoms with van der Waals surface area (Å²) >= 11 is 0. The lowest BCUT2D eigenvalue weighted by molar-refractivity contribution is 0.429. The lowest BCUT2D eigenvalue weighted by Crippen LogP contribution is -2.01. The van der Waals surface area contributed by atoms with E-state index >= 15 is 0 Å². The fraction of sp³-hybridized carbons (Fsp3) is 0.692. The highest BCUT2D eigenvalue weighted by Gasteiger charge is 2.07. The predicted molar refractivity (Wildman–Crippen MR) is 59.7 cm³/mol. The minimum absolute atomic E-state index is 0.823. The van der Waals surface area contributed by atoms with Gasteiger partial charge in [-0.05, 0) is 24.7 Å². The molecule has 1 aliphatic rings. The fourth-order valence-corrected chi connectivity index (χ4v) is 1.98. The first-order chi connectivity index (χ1) is 6.33. The smallest absolute Gasteiger partial charge is 0.0196 e. The molecule has 1 aliphatic carbocycles. The SMILES string of the molecule is CCCC(C)CCC1C=CC=CC1. The van der Waals surface area contributed by atoms with Gasteiger partial charge in [-0.15, -0.1) is 0 Å². The van der Waals surface area contributed by atoms with Crippen LogP contribution in [0.25, 0.3) is 0 Å². The van der Waals surface area contributed by atoms with Crippen molar-refractivity contribution in [3.8, 4) is 0 Å². The molecule has 0 heterocycles. The molecule has 0 saturated carbocycles. The molecule has 0 bridgehead atoms. The van der Waals surface area contributed by atoms with Gasteiger partial charge in [0.1, 0.15) is 0 Å². The van der Waals surface area contributed by atoms with E-state index in [0.717, 1.165) is 11.8 Å². The van der Waals surface area contributed by atoms with Crippen molar-refractivity contribution in [2.24, 2.45) is 11.8 Å². The second kappa shape index (κ2) is 6.01. The molecule has 74 valence electrons. The molecule has 13 heavy (non-hydrogen) atoms. The van der Waals surface area contributed by atoms with E-state index in [1.165, 1.54) is 32.1 Å². The molecule has 0 nitrogen and oxygen atoms in total. The monoisotopic (exact) mass is 178 g/mol. The van der Waals surface area contributed by atoms with Gasteiger partial charge in [0.25, 0.3) is 0 Å². The summed E-state index contributed by atoms with van der Waals surface area (Å²) in [6.07, 6.45) is 15.8. The summed E-state index contributed by atoms with van der Waals surface area (Å²) in [5.74, 6) is 1.74. The first kappa shape index (κ1) is 10.6. The second-order valence-electron chi connectivity index (χ2n) is 4.28. The van der Waals surface area contributed by atoms with Gasteiger partial charge in [-0.2, -0.15) is 0 Å². The molecule has 0 saturated heterocycles. The van der Waals surface area contributed by atoms with E-state index in [-0.39, 0.29) is 0 Å². The molecule has 0 spiro atoms. The van der Waals surface area contributed by atoms with Crippen molar-refractivity contribution in [3.05, 3.63) is 24.3 Å². The van der Waals surface area contributed by atoms with Crippen LogP contribution in [0.5, 0.6) is 0 Å². The third-order valence-corrected chi connectivity index (χ3v) is 2.88. The van der Waals surface area contributed by atoms with Gasteiger partial charge in [-0.3, -0.25) is 0 Å². The highest BCUT2D eigenvalue weighted by atomic mass is 14.1. The summed E-state index contributed by atoms with van der Waals surface area (Å²) in [6, 6.07) is 0. The third-order valence-electron chi connectivity index (χ3n) is 2.88. The molecule has 0 radical (unpaired) electrons. The van der Waals surface area contributed by atoms with Crippen molar-refractivity contribution in [2.45, 2.75) is 46.0 Å². The summed E-state index contributed by atoms with van der Waals surface area (Å²) in [4.78, 5) is 0. The minimum atomic E-state index is 0.823. The molecule has 0 heteroatoms. The summed E-state index contributed by atoms with van der Waals surface area (Å²) in [5.41, 5.74) is 0. The van der Waals surface area contributed by atoms with E-state index in [1.807, 2.05) is 0 Å². The summed E-state index contributed by atoms with van der Waals surface area (Å²) in [5, 5.41) is 0. The van der Waals surface area contributed by atoms with Gasteiger partial charge in [0.15, 0.2) is 0 Å². The first-order valence-electron chi connectivity index (χ1n) is 5.66. The second-order valence-corrected chi connectivity index (χ2v) is 4.28. The van der Waals surface area contributed by atoms with E-state index in [4.69, 9.17) is 0 Å². The molecule has 0 amide bonds. The number of hydrogen-bond acceptors (Lipinski definition) is 0. The minimum Gasteiger partial charge on any atom is -0.0840 e. The molecular formula is C13H22. The highest BCUT2D eigenvalue weighted by Crippen LogP contribution is 2.21. The lowest BCUT2D eigenvalue weighted by Gasteiger charge is -2.15. The van der Waals surface area contributed by atoms with Crippen LogP contribution in [-0.2, 0) is 0 Å². The van der Waals surface area contributed by atoms with Gasteiger partial charge < -0.3 is 0 Å². The van der Waals surface area contributed by atoms with Crippen molar-refractivity contribution in [2.75, 3.05) is 0 Å². The topological polar surface area (TPSA) is 0 Å². The van der Waals surface area contributed by atoms with E-state index in [1.54, 1.807) is 0 Å². The standard InChI is InChI=1S/C13H22/c1-3-7-12(2)10-11-13-8-5-4-6-9-13/h4-6,8,12-13H,3,7,9-11H2,1-2H3. The van der Waals surface area contributed by atoms with Crippen LogP contribution in [0.2, 0.25) is 0 Å². The average molecular weight is 178 g/mol. The Kier molecular flexibility index (Phi) is 4.88. The summed E-state index contributed by atoms with van der Waals surface area (Å²) < 4.78 is 0. The molecule has 0 aromatic carbocycles. The van der Waals surface area contributed by atoms with Crippen LogP contribution < -0.4 is 0 Å². The highest BCUT2D eigenvalue weighted by molar-refractivity contribution is 5.10. The number of rotatable bonds is 5. The van der Waals surface area contributed by atoms with Crippen molar-refractivity contribution in [1.82, 2.24) is 0 Å². The zero-order valence-corrected chi connectivity index (χ0v) is 9.00. The Morgan fingerprint density at radius 3 is 2.77 bits per heavy atom. The van der Waals surface area contributed by atoms with Gasteiger partial charge in [0.05, 0.1) is 0 Å². The van der Waals surface area contributed by atoms with Crippen molar-refractivity contribution >= 4 is 0 Å². The van der Waals surface area contributed by atoms with Crippen LogP contribution in [-0.4, -0.2) is 0 Å². The van der Waals surface area contributed by atoms with E-state index in [0.29, 0.717) is 0 Å². The van der Waals surface area contributed by atoms with E-state index < -0.39 is 0 Å². The zero-order valence-electron chi connectivity index (χ0n) is 9.00. The van der Waals surface area contributed by atoms with Gasteiger partial charge >= 0.3 is 0 Å².